The van der Waals surface area contributed by atoms with E-state index in [-0.39, 0.29) is 11.7 Å². The molecule has 0 aliphatic carbocycles. The molecule has 0 aliphatic rings. The quantitative estimate of drug-likeness (QED) is 0.825. The zero-order valence-electron chi connectivity index (χ0n) is 11.9. The average molecular weight is 284 g/mol. The molecule has 0 saturated heterocycles. The van der Waals surface area contributed by atoms with Crippen molar-refractivity contribution in [1.82, 2.24) is 10.2 Å². The molecule has 1 aromatic carbocycles. The van der Waals surface area contributed by atoms with Gasteiger partial charge in [-0.1, -0.05) is 6.92 Å². The Kier molecular flexibility index (Phi) is 4.61. The molecule has 108 valence electrons. The van der Waals surface area contributed by atoms with E-state index in [1.807, 2.05) is 0 Å². The summed E-state index contributed by atoms with van der Waals surface area (Å²) in [5, 5.41) is 13.6. The highest BCUT2D eigenvalue weighted by atomic mass is 16.1. The maximum atomic E-state index is 11.2. The minimum atomic E-state index is -0.107. The van der Waals surface area contributed by atoms with Crippen LogP contribution in [0.1, 0.15) is 30.6 Å². The Hall–Kier alpha value is -2.76. The molecule has 21 heavy (non-hydrogen) atoms. The molecule has 2 aromatic rings. The molecule has 0 radical (unpaired) electrons. The molecule has 1 amide bonds. The second kappa shape index (κ2) is 6.60. The van der Waals surface area contributed by atoms with Crippen LogP contribution in [0.3, 0.4) is 0 Å². The molecule has 0 unspecified atom stereocenters. The second-order valence-electron chi connectivity index (χ2n) is 4.46. The van der Waals surface area contributed by atoms with Crippen molar-refractivity contribution < 1.29 is 9.59 Å². The highest BCUT2D eigenvalue weighted by Gasteiger charge is 2.03. The zero-order chi connectivity index (χ0) is 15.2. The van der Waals surface area contributed by atoms with Crippen LogP contribution in [0.2, 0.25) is 0 Å². The molecule has 0 bridgehead atoms. The number of nitrogens with zero attached hydrogens (tertiary/aromatic N) is 2. The number of aromatic nitrogens is 2. The number of benzene rings is 1. The number of ketones is 1. The van der Waals surface area contributed by atoms with Crippen LogP contribution in [0.5, 0.6) is 0 Å². The van der Waals surface area contributed by atoms with Crippen LogP contribution in [-0.4, -0.2) is 21.9 Å². The van der Waals surface area contributed by atoms with Gasteiger partial charge in [-0.2, -0.15) is 0 Å². The maximum absolute atomic E-state index is 11.2. The van der Waals surface area contributed by atoms with Crippen molar-refractivity contribution in [3.63, 3.8) is 0 Å². The van der Waals surface area contributed by atoms with Gasteiger partial charge >= 0.3 is 0 Å². The average Bonchev–Trinajstić information content (AvgIpc) is 2.49. The molecule has 2 rings (SSSR count). The molecule has 2 N–H and O–H groups in total. The van der Waals surface area contributed by atoms with Gasteiger partial charge in [-0.3, -0.25) is 9.59 Å². The summed E-state index contributed by atoms with van der Waals surface area (Å²) in [7, 11) is 0. The van der Waals surface area contributed by atoms with Crippen molar-refractivity contribution in [1.29, 1.82) is 0 Å². The zero-order valence-corrected chi connectivity index (χ0v) is 11.9. The van der Waals surface area contributed by atoms with Crippen LogP contribution in [0, 0.1) is 0 Å². The normalized spacial score (nSPS) is 10.0. The number of anilines is 3. The van der Waals surface area contributed by atoms with Gasteiger partial charge in [-0.05, 0) is 43.3 Å². The molecule has 1 heterocycles. The summed E-state index contributed by atoms with van der Waals surface area (Å²) < 4.78 is 0. The Morgan fingerprint density at radius 3 is 2.14 bits per heavy atom. The lowest BCUT2D eigenvalue weighted by atomic mass is 10.1. The van der Waals surface area contributed by atoms with E-state index < -0.39 is 0 Å². The Morgan fingerprint density at radius 1 is 1.00 bits per heavy atom. The molecule has 0 aliphatic heterocycles. The Labute approximate surface area is 122 Å². The summed E-state index contributed by atoms with van der Waals surface area (Å²) in [6.07, 6.45) is 0.393. The first-order chi connectivity index (χ1) is 10.1. The third-order valence-corrected chi connectivity index (χ3v) is 2.82. The number of carbonyl (C=O) groups excluding carboxylic acids is 2. The lowest BCUT2D eigenvalue weighted by molar-refractivity contribution is -0.115. The minimum absolute atomic E-state index is 0.0253. The van der Waals surface area contributed by atoms with E-state index >= 15 is 0 Å². The topological polar surface area (TPSA) is 84.0 Å². The van der Waals surface area contributed by atoms with Crippen LogP contribution < -0.4 is 10.6 Å². The van der Waals surface area contributed by atoms with Gasteiger partial charge < -0.3 is 10.6 Å². The predicted molar refractivity (Wildman–Crippen MR) is 80.7 cm³/mol. The molecule has 1 aromatic heterocycles. The van der Waals surface area contributed by atoms with Crippen molar-refractivity contribution in [3.8, 4) is 0 Å². The maximum Gasteiger partial charge on any atom is 0.225 e. The highest BCUT2D eigenvalue weighted by Crippen LogP contribution is 2.16. The van der Waals surface area contributed by atoms with E-state index in [0.717, 1.165) is 5.69 Å². The van der Waals surface area contributed by atoms with E-state index in [4.69, 9.17) is 0 Å². The van der Waals surface area contributed by atoms with Gasteiger partial charge in [-0.15, -0.1) is 10.2 Å². The molecule has 0 fully saturated rings. The minimum Gasteiger partial charge on any atom is -0.339 e. The van der Waals surface area contributed by atoms with Crippen molar-refractivity contribution >= 4 is 29.0 Å². The van der Waals surface area contributed by atoms with E-state index in [1.54, 1.807) is 43.3 Å². The fraction of sp³-hybridized carbons (Fsp3) is 0.200. The monoisotopic (exact) mass is 284 g/mol. The standard InChI is InChI=1S/C15H16N4O2/c1-3-15(21)17-14-9-8-13(18-19-14)16-12-6-4-11(5-7-12)10(2)20/h4-9H,3H2,1-2H3,(H,16,18)(H,17,19,21). The lowest BCUT2D eigenvalue weighted by Crippen LogP contribution is -2.11. The predicted octanol–water partition coefficient (Wildman–Crippen LogP) is 2.77. The first kappa shape index (κ1) is 14.6. The summed E-state index contributed by atoms with van der Waals surface area (Å²) in [6, 6.07) is 10.5. The second-order valence-corrected chi connectivity index (χ2v) is 4.46. The van der Waals surface area contributed by atoms with Crippen LogP contribution in [0.25, 0.3) is 0 Å². The molecule has 0 spiro atoms. The largest absolute Gasteiger partial charge is 0.339 e. The Bertz CT molecular complexity index is 636. The fourth-order valence-electron chi connectivity index (χ4n) is 1.63. The van der Waals surface area contributed by atoms with Crippen LogP contribution in [0.4, 0.5) is 17.3 Å². The SMILES string of the molecule is CCC(=O)Nc1ccc(Nc2ccc(C(C)=O)cc2)nn1. The number of Topliss-reactive ketones (excluding diaryl/α,β-unsaturated/α-hetero) is 1. The van der Waals surface area contributed by atoms with Gasteiger partial charge in [0.15, 0.2) is 17.4 Å². The number of hydrogen-bond donors (Lipinski definition) is 2. The molecular formula is C15H16N4O2. The first-order valence-electron chi connectivity index (χ1n) is 6.60. The van der Waals surface area contributed by atoms with Gasteiger partial charge in [0.2, 0.25) is 5.91 Å². The van der Waals surface area contributed by atoms with Gasteiger partial charge in [0.05, 0.1) is 0 Å². The number of hydrogen-bond acceptors (Lipinski definition) is 5. The van der Waals surface area contributed by atoms with Crippen LogP contribution in [-0.2, 0) is 4.79 Å². The Morgan fingerprint density at radius 2 is 1.62 bits per heavy atom. The third kappa shape index (κ3) is 4.10. The van der Waals surface area contributed by atoms with Crippen molar-refractivity contribution in [2.75, 3.05) is 10.6 Å². The Balaban J connectivity index is 2.02. The summed E-state index contributed by atoms with van der Waals surface area (Å²) in [6.45, 7) is 3.29. The van der Waals surface area contributed by atoms with Gasteiger partial charge in [0, 0.05) is 17.7 Å². The number of carbonyl (C=O) groups is 2. The van der Waals surface area contributed by atoms with Crippen molar-refractivity contribution in [3.05, 3.63) is 42.0 Å². The summed E-state index contributed by atoms with van der Waals surface area (Å²) in [4.78, 5) is 22.4. The smallest absolute Gasteiger partial charge is 0.225 e. The molecule has 0 atom stereocenters. The first-order valence-corrected chi connectivity index (χ1v) is 6.60. The summed E-state index contributed by atoms with van der Waals surface area (Å²) in [5.74, 6) is 0.890. The molecule has 6 nitrogen and oxygen atoms in total. The van der Waals surface area contributed by atoms with Crippen LogP contribution in [0.15, 0.2) is 36.4 Å². The van der Waals surface area contributed by atoms with E-state index in [9.17, 15) is 9.59 Å². The van der Waals surface area contributed by atoms with E-state index in [0.29, 0.717) is 23.6 Å². The molecular weight excluding hydrogens is 268 g/mol. The highest BCUT2D eigenvalue weighted by molar-refractivity contribution is 5.94. The van der Waals surface area contributed by atoms with E-state index in [1.165, 1.54) is 6.92 Å². The fourth-order valence-corrected chi connectivity index (χ4v) is 1.63. The summed E-state index contributed by atoms with van der Waals surface area (Å²) >= 11 is 0. The van der Waals surface area contributed by atoms with Gasteiger partial charge in [-0.25, -0.2) is 0 Å². The number of nitrogens with one attached hydrogen (secondary N) is 2. The van der Waals surface area contributed by atoms with Crippen LogP contribution >= 0.6 is 0 Å². The number of rotatable bonds is 5. The lowest BCUT2D eigenvalue weighted by Gasteiger charge is -2.06. The third-order valence-electron chi connectivity index (χ3n) is 2.82. The van der Waals surface area contributed by atoms with Gasteiger partial charge in [0.1, 0.15) is 0 Å². The summed E-state index contributed by atoms with van der Waals surface area (Å²) in [5.41, 5.74) is 1.46. The van der Waals surface area contributed by atoms with E-state index in [2.05, 4.69) is 20.8 Å². The van der Waals surface area contributed by atoms with Crippen molar-refractivity contribution in [2.24, 2.45) is 0 Å². The number of amides is 1. The van der Waals surface area contributed by atoms with Crippen molar-refractivity contribution in [2.45, 2.75) is 20.3 Å². The molecule has 0 saturated carbocycles. The van der Waals surface area contributed by atoms with Gasteiger partial charge in [0.25, 0.3) is 0 Å². The molecule has 6 heteroatoms.